The highest BCUT2D eigenvalue weighted by Gasteiger charge is 2.28. The average Bonchev–Trinajstić information content (AvgIpc) is 2.31. The first kappa shape index (κ1) is 14.2. The maximum atomic E-state index is 13.7. The lowest BCUT2D eigenvalue weighted by Crippen LogP contribution is -2.48. The second-order valence-electron chi connectivity index (χ2n) is 5.09. The molecule has 1 aliphatic rings. The number of benzene rings is 1. The van der Waals surface area contributed by atoms with Gasteiger partial charge in [0.2, 0.25) is 0 Å². The molecule has 0 aromatic heterocycles. The highest BCUT2D eigenvalue weighted by molar-refractivity contribution is 5.50. The second-order valence-corrected chi connectivity index (χ2v) is 5.09. The first-order valence-corrected chi connectivity index (χ1v) is 6.65. The van der Waals surface area contributed by atoms with Crippen LogP contribution < -0.4 is 10.2 Å². The van der Waals surface area contributed by atoms with E-state index < -0.39 is 17.5 Å². The van der Waals surface area contributed by atoms with Crippen molar-refractivity contribution in [3.8, 4) is 0 Å². The van der Waals surface area contributed by atoms with Gasteiger partial charge >= 0.3 is 0 Å². The van der Waals surface area contributed by atoms with Crippen molar-refractivity contribution in [3.05, 3.63) is 29.6 Å². The highest BCUT2D eigenvalue weighted by atomic mass is 19.1. The third-order valence-electron chi connectivity index (χ3n) is 3.67. The molecule has 19 heavy (non-hydrogen) atoms. The fourth-order valence-corrected chi connectivity index (χ4v) is 2.75. The van der Waals surface area contributed by atoms with Crippen LogP contribution in [0.5, 0.6) is 0 Å². The summed E-state index contributed by atoms with van der Waals surface area (Å²) in [4.78, 5) is 1.67. The third-order valence-corrected chi connectivity index (χ3v) is 3.67. The molecule has 2 atom stereocenters. The average molecular weight is 272 g/mol. The van der Waals surface area contributed by atoms with Gasteiger partial charge in [-0.25, -0.2) is 13.2 Å². The van der Waals surface area contributed by atoms with Crippen LogP contribution in [0, 0.1) is 23.4 Å². The molecule has 0 saturated carbocycles. The molecule has 0 aliphatic carbocycles. The summed E-state index contributed by atoms with van der Waals surface area (Å²) in [6.07, 6.45) is 0.825. The molecule has 1 N–H and O–H groups in total. The highest BCUT2D eigenvalue weighted by Crippen LogP contribution is 2.29. The molecular formula is C14H19F3N2. The number of hydrogen-bond acceptors (Lipinski definition) is 2. The molecule has 1 saturated heterocycles. The van der Waals surface area contributed by atoms with Crippen LogP contribution in [-0.2, 0) is 0 Å². The van der Waals surface area contributed by atoms with Crippen molar-refractivity contribution in [1.82, 2.24) is 5.32 Å². The third kappa shape index (κ3) is 3.03. The Morgan fingerprint density at radius 3 is 2.42 bits per heavy atom. The molecule has 0 bridgehead atoms. The van der Waals surface area contributed by atoms with E-state index in [4.69, 9.17) is 0 Å². The smallest absolute Gasteiger partial charge is 0.152 e. The summed E-state index contributed by atoms with van der Waals surface area (Å²) in [7, 11) is 0. The standard InChI is InChI=1S/C14H19F3N2/c1-3-18-13-4-5-19(8-9(13)2)14-11(16)6-10(15)7-12(14)17/h6-7,9,13,18H,3-5,8H2,1-2H3. The molecule has 2 unspecified atom stereocenters. The van der Waals surface area contributed by atoms with Crippen molar-refractivity contribution in [3.63, 3.8) is 0 Å². The van der Waals surface area contributed by atoms with Gasteiger partial charge in [-0.3, -0.25) is 0 Å². The summed E-state index contributed by atoms with van der Waals surface area (Å²) >= 11 is 0. The van der Waals surface area contributed by atoms with E-state index in [1.807, 2.05) is 6.92 Å². The minimum absolute atomic E-state index is 0.108. The number of nitrogens with one attached hydrogen (secondary N) is 1. The monoisotopic (exact) mass is 272 g/mol. The van der Waals surface area contributed by atoms with Crippen molar-refractivity contribution in [2.45, 2.75) is 26.3 Å². The van der Waals surface area contributed by atoms with E-state index in [0.717, 1.165) is 25.1 Å². The number of anilines is 1. The van der Waals surface area contributed by atoms with Crippen LogP contribution in [0.15, 0.2) is 12.1 Å². The molecule has 2 nitrogen and oxygen atoms in total. The van der Waals surface area contributed by atoms with Gasteiger partial charge in [0.1, 0.15) is 11.5 Å². The minimum atomic E-state index is -0.880. The van der Waals surface area contributed by atoms with Crippen LogP contribution in [0.1, 0.15) is 20.3 Å². The quantitative estimate of drug-likeness (QED) is 0.910. The number of halogens is 3. The predicted molar refractivity (Wildman–Crippen MR) is 69.8 cm³/mol. The van der Waals surface area contributed by atoms with Crippen LogP contribution in [0.25, 0.3) is 0 Å². The number of piperidine rings is 1. The van der Waals surface area contributed by atoms with E-state index in [9.17, 15) is 13.2 Å². The fraction of sp³-hybridized carbons (Fsp3) is 0.571. The van der Waals surface area contributed by atoms with Gasteiger partial charge in [-0.05, 0) is 18.9 Å². The van der Waals surface area contributed by atoms with Gasteiger partial charge in [-0.1, -0.05) is 13.8 Å². The Labute approximate surface area is 111 Å². The first-order valence-electron chi connectivity index (χ1n) is 6.65. The maximum Gasteiger partial charge on any atom is 0.152 e. The number of nitrogens with zero attached hydrogens (tertiary/aromatic N) is 1. The van der Waals surface area contributed by atoms with E-state index in [1.165, 1.54) is 0 Å². The summed E-state index contributed by atoms with van der Waals surface area (Å²) in [5.41, 5.74) is -0.108. The molecule has 1 aromatic rings. The molecule has 1 fully saturated rings. The molecule has 0 spiro atoms. The Morgan fingerprint density at radius 2 is 1.89 bits per heavy atom. The van der Waals surface area contributed by atoms with Crippen LogP contribution in [-0.4, -0.2) is 25.7 Å². The Morgan fingerprint density at radius 1 is 1.26 bits per heavy atom. The summed E-state index contributed by atoms with van der Waals surface area (Å²) in [5.74, 6) is -2.25. The normalized spacial score (nSPS) is 23.7. The van der Waals surface area contributed by atoms with Crippen molar-refractivity contribution in [1.29, 1.82) is 0 Å². The zero-order valence-electron chi connectivity index (χ0n) is 11.2. The van der Waals surface area contributed by atoms with Gasteiger partial charge < -0.3 is 10.2 Å². The lowest BCUT2D eigenvalue weighted by molar-refractivity contribution is 0.323. The van der Waals surface area contributed by atoms with Crippen LogP contribution in [0.3, 0.4) is 0 Å². The van der Waals surface area contributed by atoms with E-state index in [1.54, 1.807) is 4.90 Å². The second kappa shape index (κ2) is 5.82. The van der Waals surface area contributed by atoms with Gasteiger partial charge in [-0.2, -0.15) is 0 Å². The van der Waals surface area contributed by atoms with E-state index >= 15 is 0 Å². The summed E-state index contributed by atoms with van der Waals surface area (Å²) < 4.78 is 40.4. The van der Waals surface area contributed by atoms with Gasteiger partial charge in [-0.15, -0.1) is 0 Å². The summed E-state index contributed by atoms with van der Waals surface area (Å²) in [6.45, 7) is 6.12. The van der Waals surface area contributed by atoms with E-state index in [0.29, 0.717) is 19.1 Å². The molecule has 0 radical (unpaired) electrons. The zero-order valence-corrected chi connectivity index (χ0v) is 11.2. The van der Waals surface area contributed by atoms with Crippen molar-refractivity contribution in [2.75, 3.05) is 24.5 Å². The Hall–Kier alpha value is -1.23. The van der Waals surface area contributed by atoms with Gasteiger partial charge in [0, 0.05) is 31.3 Å². The van der Waals surface area contributed by atoms with Gasteiger partial charge in [0.15, 0.2) is 11.6 Å². The van der Waals surface area contributed by atoms with Crippen molar-refractivity contribution in [2.24, 2.45) is 5.92 Å². The number of rotatable bonds is 3. The molecule has 1 aliphatic heterocycles. The predicted octanol–water partition coefficient (Wildman–Crippen LogP) is 2.93. The topological polar surface area (TPSA) is 15.3 Å². The molecule has 106 valence electrons. The van der Waals surface area contributed by atoms with Gasteiger partial charge in [0.25, 0.3) is 0 Å². The maximum absolute atomic E-state index is 13.7. The molecular weight excluding hydrogens is 253 g/mol. The van der Waals surface area contributed by atoms with Gasteiger partial charge in [0.05, 0.1) is 0 Å². The lowest BCUT2D eigenvalue weighted by atomic mass is 9.93. The van der Waals surface area contributed by atoms with E-state index in [-0.39, 0.29) is 11.6 Å². The summed E-state index contributed by atoms with van der Waals surface area (Å²) in [6, 6.07) is 1.84. The Kier molecular flexibility index (Phi) is 4.34. The SMILES string of the molecule is CCNC1CCN(c2c(F)cc(F)cc2F)CC1C. The minimum Gasteiger partial charge on any atom is -0.366 e. The van der Waals surface area contributed by atoms with E-state index in [2.05, 4.69) is 12.2 Å². The molecule has 1 heterocycles. The van der Waals surface area contributed by atoms with Crippen molar-refractivity contribution < 1.29 is 13.2 Å². The molecule has 1 aromatic carbocycles. The zero-order chi connectivity index (χ0) is 14.0. The largest absolute Gasteiger partial charge is 0.366 e. The fourth-order valence-electron chi connectivity index (χ4n) is 2.75. The number of hydrogen-bond donors (Lipinski definition) is 1. The van der Waals surface area contributed by atoms with Crippen LogP contribution in [0.4, 0.5) is 18.9 Å². The first-order chi connectivity index (χ1) is 9.02. The molecule has 0 amide bonds. The van der Waals surface area contributed by atoms with Crippen LogP contribution >= 0.6 is 0 Å². The lowest BCUT2D eigenvalue weighted by Gasteiger charge is -2.38. The molecule has 5 heteroatoms. The Balaban J connectivity index is 2.17. The van der Waals surface area contributed by atoms with Crippen LogP contribution in [0.2, 0.25) is 0 Å². The molecule has 2 rings (SSSR count). The Bertz CT molecular complexity index is 427. The van der Waals surface area contributed by atoms with Crippen molar-refractivity contribution >= 4 is 5.69 Å². The summed E-state index contributed by atoms with van der Waals surface area (Å²) in [5, 5.41) is 3.37.